The van der Waals surface area contributed by atoms with E-state index >= 15 is 4.57 Å². The van der Waals surface area contributed by atoms with Crippen molar-refractivity contribution < 1.29 is 9.30 Å². The lowest BCUT2D eigenvalue weighted by molar-refractivity contribution is 0.483. The molecule has 0 fully saturated rings. The number of hydrogen-bond acceptors (Lipinski definition) is 2. The number of rotatable bonds is 8. The van der Waals surface area contributed by atoms with Crippen molar-refractivity contribution in [3.8, 4) is 28.6 Å². The van der Waals surface area contributed by atoms with Crippen molar-refractivity contribution >= 4 is 88.5 Å². The van der Waals surface area contributed by atoms with E-state index in [4.69, 9.17) is 4.74 Å². The van der Waals surface area contributed by atoms with Crippen molar-refractivity contribution in [1.82, 2.24) is 13.7 Å². The minimum Gasteiger partial charge on any atom is -0.454 e. The van der Waals surface area contributed by atoms with Gasteiger partial charge in [0.15, 0.2) is 12.9 Å². The van der Waals surface area contributed by atoms with Gasteiger partial charge in [-0.05, 0) is 72.8 Å². The molecule has 66 heavy (non-hydrogen) atoms. The molecule has 13 rings (SSSR count). The summed E-state index contributed by atoms with van der Waals surface area (Å²) in [5, 5.41) is 9.06. The Hall–Kier alpha value is -8.37. The van der Waals surface area contributed by atoms with Crippen LogP contribution in [0.15, 0.2) is 243 Å². The Labute approximate surface area is 381 Å². The highest BCUT2D eigenvalue weighted by molar-refractivity contribution is 7.85. The van der Waals surface area contributed by atoms with Crippen LogP contribution in [-0.2, 0) is 4.57 Å². The predicted molar refractivity (Wildman–Crippen MR) is 275 cm³/mol. The second-order valence-corrected chi connectivity index (χ2v) is 19.5. The van der Waals surface area contributed by atoms with Gasteiger partial charge in [-0.25, -0.2) is 0 Å². The number of benzene rings is 10. The summed E-state index contributed by atoms with van der Waals surface area (Å²) in [5.41, 5.74) is 9.25. The van der Waals surface area contributed by atoms with Gasteiger partial charge in [-0.3, -0.25) is 0 Å². The van der Waals surface area contributed by atoms with Crippen molar-refractivity contribution in [2.24, 2.45) is 0 Å². The van der Waals surface area contributed by atoms with Crippen LogP contribution in [0, 0.1) is 0 Å². The topological polar surface area (TPSA) is 41.1 Å². The molecule has 6 heteroatoms. The zero-order valence-corrected chi connectivity index (χ0v) is 36.6. The lowest BCUT2D eigenvalue weighted by Gasteiger charge is -2.25. The Bertz CT molecular complexity index is 3870. The van der Waals surface area contributed by atoms with E-state index in [2.05, 4.69) is 190 Å². The number of nitrogens with zero attached hydrogens (tertiary/aromatic N) is 3. The normalized spacial score (nSPS) is 12.0. The van der Waals surface area contributed by atoms with E-state index in [0.29, 0.717) is 16.8 Å². The first-order valence-electron chi connectivity index (χ1n) is 22.3. The molecule has 0 radical (unpaired) electrons. The molecule has 0 atom stereocenters. The summed E-state index contributed by atoms with van der Waals surface area (Å²) in [6.07, 6.45) is 0. The van der Waals surface area contributed by atoms with Crippen LogP contribution >= 0.6 is 7.14 Å². The zero-order valence-electron chi connectivity index (χ0n) is 35.7. The Balaban J connectivity index is 1.10. The van der Waals surface area contributed by atoms with Crippen LogP contribution < -0.4 is 20.7 Å². The van der Waals surface area contributed by atoms with E-state index in [9.17, 15) is 0 Å². The molecule has 0 saturated heterocycles. The minimum absolute atomic E-state index is 0.516. The number of fused-ring (bicyclic) bond motifs is 9. The molecule has 0 aliphatic heterocycles. The molecule has 3 heterocycles. The standard InChI is InChI=1S/C60H40N3O2P/c64-66(43-19-3-1-4-20-43,44-21-5-2-6-22-44)60-40-42(62-53-31-15-9-25-47(53)48-26-10-16-32-54(48)62)36-38-59(60)65-58-37-35-41(61-51-29-13-7-23-45(51)46-24-8-14-30-52(46)61)39-57(58)63-55-33-17-11-27-49(55)50-28-12-18-34-56(50)63/h1-40H. The van der Waals surface area contributed by atoms with Crippen molar-refractivity contribution in [3.63, 3.8) is 0 Å². The molecule has 10 aromatic carbocycles. The Kier molecular flexibility index (Phi) is 8.74. The fourth-order valence-electron chi connectivity index (χ4n) is 10.3. The maximum absolute atomic E-state index is 16.7. The van der Waals surface area contributed by atoms with Gasteiger partial charge in [0.25, 0.3) is 0 Å². The van der Waals surface area contributed by atoms with Gasteiger partial charge in [0, 0.05) is 54.3 Å². The highest BCUT2D eigenvalue weighted by Gasteiger charge is 2.34. The summed E-state index contributed by atoms with van der Waals surface area (Å²) in [6.45, 7) is 0. The zero-order chi connectivity index (χ0) is 43.8. The van der Waals surface area contributed by atoms with Gasteiger partial charge in [-0.15, -0.1) is 0 Å². The molecule has 312 valence electrons. The van der Waals surface area contributed by atoms with E-state index < -0.39 is 7.14 Å². The molecule has 0 aliphatic rings. The van der Waals surface area contributed by atoms with Crippen LogP contribution in [0.4, 0.5) is 0 Å². The fourth-order valence-corrected chi connectivity index (χ4v) is 13.1. The largest absolute Gasteiger partial charge is 0.454 e. The smallest absolute Gasteiger partial charge is 0.174 e. The van der Waals surface area contributed by atoms with E-state index in [1.807, 2.05) is 66.7 Å². The molecule has 0 amide bonds. The quantitative estimate of drug-likeness (QED) is 0.143. The van der Waals surface area contributed by atoms with Gasteiger partial charge in [0.1, 0.15) is 5.75 Å². The van der Waals surface area contributed by atoms with Gasteiger partial charge in [-0.2, -0.15) is 0 Å². The van der Waals surface area contributed by atoms with E-state index in [1.165, 1.54) is 10.8 Å². The van der Waals surface area contributed by atoms with Crippen LogP contribution in [0.2, 0.25) is 0 Å². The first-order valence-corrected chi connectivity index (χ1v) is 24.0. The average Bonchev–Trinajstić information content (AvgIpc) is 4.03. The molecule has 0 saturated carbocycles. The van der Waals surface area contributed by atoms with Crippen LogP contribution in [0.5, 0.6) is 11.5 Å². The Morgan fingerprint density at radius 1 is 0.303 bits per heavy atom. The van der Waals surface area contributed by atoms with E-state index in [1.54, 1.807) is 0 Å². The van der Waals surface area contributed by atoms with Gasteiger partial charge in [0.2, 0.25) is 0 Å². The van der Waals surface area contributed by atoms with Crippen LogP contribution in [0.1, 0.15) is 0 Å². The maximum atomic E-state index is 16.7. The molecule has 0 N–H and O–H groups in total. The van der Waals surface area contributed by atoms with Gasteiger partial charge in [-0.1, -0.05) is 170 Å². The van der Waals surface area contributed by atoms with Crippen LogP contribution in [0.25, 0.3) is 82.5 Å². The van der Waals surface area contributed by atoms with Gasteiger partial charge in [0.05, 0.1) is 44.1 Å². The monoisotopic (exact) mass is 865 g/mol. The molecule has 3 aromatic heterocycles. The summed E-state index contributed by atoms with van der Waals surface area (Å²) < 4.78 is 31.1. The van der Waals surface area contributed by atoms with Gasteiger partial charge < -0.3 is 23.0 Å². The third kappa shape index (κ3) is 5.77. The maximum Gasteiger partial charge on any atom is 0.174 e. The lowest BCUT2D eigenvalue weighted by Crippen LogP contribution is -2.26. The molecule has 0 aliphatic carbocycles. The minimum atomic E-state index is -3.61. The molecule has 13 aromatic rings. The summed E-state index contributed by atoms with van der Waals surface area (Å²) in [6, 6.07) is 83.7. The van der Waals surface area contributed by atoms with Crippen molar-refractivity contribution in [2.45, 2.75) is 0 Å². The highest BCUT2D eigenvalue weighted by atomic mass is 31.2. The second-order valence-electron chi connectivity index (χ2n) is 16.8. The highest BCUT2D eigenvalue weighted by Crippen LogP contribution is 2.48. The lowest BCUT2D eigenvalue weighted by atomic mass is 10.2. The summed E-state index contributed by atoms with van der Waals surface area (Å²) in [4.78, 5) is 0. The number of para-hydroxylation sites is 6. The third-order valence-electron chi connectivity index (χ3n) is 13.2. The summed E-state index contributed by atoms with van der Waals surface area (Å²) in [7, 11) is -3.61. The third-order valence-corrected chi connectivity index (χ3v) is 16.3. The summed E-state index contributed by atoms with van der Waals surface area (Å²) in [5.74, 6) is 1.15. The van der Waals surface area contributed by atoms with Crippen molar-refractivity contribution in [2.75, 3.05) is 0 Å². The van der Waals surface area contributed by atoms with Crippen molar-refractivity contribution in [3.05, 3.63) is 243 Å². The molecule has 0 spiro atoms. The first-order chi connectivity index (χ1) is 32.6. The molecule has 0 unspecified atom stereocenters. The first kappa shape index (κ1) is 38.1. The molecule has 0 bridgehead atoms. The number of hydrogen-bond donors (Lipinski definition) is 0. The van der Waals surface area contributed by atoms with Gasteiger partial charge >= 0.3 is 0 Å². The van der Waals surface area contributed by atoms with E-state index in [0.717, 1.165) is 82.3 Å². The van der Waals surface area contributed by atoms with Crippen molar-refractivity contribution in [1.29, 1.82) is 0 Å². The molecular formula is C60H40N3O2P. The Morgan fingerprint density at radius 3 is 1.02 bits per heavy atom. The number of aromatic nitrogens is 3. The number of ether oxygens (including phenoxy) is 1. The molecule has 5 nitrogen and oxygen atoms in total. The fraction of sp³-hybridized carbons (Fsp3) is 0. The second kappa shape index (κ2) is 15.1. The van der Waals surface area contributed by atoms with E-state index in [-0.39, 0.29) is 0 Å². The Morgan fingerprint density at radius 2 is 0.621 bits per heavy atom. The average molecular weight is 866 g/mol. The molecular weight excluding hydrogens is 826 g/mol. The predicted octanol–water partition coefficient (Wildman–Crippen LogP) is 14.4. The summed E-state index contributed by atoms with van der Waals surface area (Å²) >= 11 is 0. The van der Waals surface area contributed by atoms with Crippen LogP contribution in [0.3, 0.4) is 0 Å². The van der Waals surface area contributed by atoms with Crippen LogP contribution in [-0.4, -0.2) is 13.7 Å². The SMILES string of the molecule is O=P(c1ccccc1)(c1ccccc1)c1cc(-n2c3ccccc3c3ccccc32)ccc1Oc1ccc(-n2c3ccccc3c3ccccc32)cc1-n1c2ccccc2c2ccccc21.